The quantitative estimate of drug-likeness (QED) is 0.813. The van der Waals surface area contributed by atoms with Gasteiger partial charge in [0.25, 0.3) is 0 Å². The number of halogens is 1. The number of nitrogens with two attached hydrogens (primary N) is 1. The summed E-state index contributed by atoms with van der Waals surface area (Å²) in [5, 5.41) is 8.71. The van der Waals surface area contributed by atoms with Gasteiger partial charge in [0.2, 0.25) is 0 Å². The van der Waals surface area contributed by atoms with E-state index in [-0.39, 0.29) is 0 Å². The highest BCUT2D eigenvalue weighted by molar-refractivity contribution is 6.31. The van der Waals surface area contributed by atoms with E-state index in [0.29, 0.717) is 16.8 Å². The van der Waals surface area contributed by atoms with Crippen LogP contribution in [0.5, 0.6) is 0 Å². The van der Waals surface area contributed by atoms with Gasteiger partial charge in [-0.2, -0.15) is 0 Å². The molecule has 2 aromatic rings. The van der Waals surface area contributed by atoms with E-state index in [4.69, 9.17) is 17.3 Å². The largest absolute Gasteiger partial charge is 0.398 e. The molecule has 0 bridgehead atoms. The van der Waals surface area contributed by atoms with E-state index in [9.17, 15) is 0 Å². The van der Waals surface area contributed by atoms with Gasteiger partial charge in [-0.05, 0) is 31.0 Å². The first-order valence-corrected chi connectivity index (χ1v) is 5.58. The van der Waals surface area contributed by atoms with Crippen LogP contribution < -0.4 is 5.73 Å². The van der Waals surface area contributed by atoms with Crippen LogP contribution in [-0.4, -0.2) is 14.8 Å². The Morgan fingerprint density at radius 1 is 1.38 bits per heavy atom. The first-order valence-electron chi connectivity index (χ1n) is 5.20. The first kappa shape index (κ1) is 9.66. The molecular formula is C11H11ClN4. The van der Waals surface area contributed by atoms with Crippen LogP contribution in [0.4, 0.5) is 5.69 Å². The fraction of sp³-hybridized carbons (Fsp3) is 0.273. The molecule has 5 heteroatoms. The van der Waals surface area contributed by atoms with Gasteiger partial charge in [-0.3, -0.25) is 0 Å². The Morgan fingerprint density at radius 2 is 2.19 bits per heavy atom. The van der Waals surface area contributed by atoms with E-state index in [1.807, 2.05) is 12.1 Å². The number of nitrogen functional groups attached to an aromatic ring is 1. The molecule has 1 saturated carbocycles. The second-order valence-corrected chi connectivity index (χ2v) is 4.46. The molecule has 16 heavy (non-hydrogen) atoms. The summed E-state index contributed by atoms with van der Waals surface area (Å²) in [6.45, 7) is 0. The third-order valence-corrected chi connectivity index (χ3v) is 3.00. The summed E-state index contributed by atoms with van der Waals surface area (Å²) in [4.78, 5) is 0. The van der Waals surface area contributed by atoms with Crippen LogP contribution in [0, 0.1) is 0 Å². The topological polar surface area (TPSA) is 56.7 Å². The number of anilines is 1. The van der Waals surface area contributed by atoms with Crippen molar-refractivity contribution in [2.45, 2.75) is 18.9 Å². The zero-order valence-electron chi connectivity index (χ0n) is 8.60. The third kappa shape index (κ3) is 1.55. The first-order chi connectivity index (χ1) is 7.75. The van der Waals surface area contributed by atoms with Gasteiger partial charge in [-0.25, -0.2) is 0 Å². The van der Waals surface area contributed by atoms with Gasteiger partial charge in [0.05, 0.1) is 0 Å². The summed E-state index contributed by atoms with van der Waals surface area (Å²) in [6, 6.07) is 5.99. The lowest BCUT2D eigenvalue weighted by Crippen LogP contribution is -1.99. The van der Waals surface area contributed by atoms with Crippen LogP contribution in [0.3, 0.4) is 0 Å². The maximum Gasteiger partial charge on any atom is 0.166 e. The molecule has 0 unspecified atom stereocenters. The van der Waals surface area contributed by atoms with E-state index in [1.165, 1.54) is 12.8 Å². The highest BCUT2D eigenvalue weighted by Crippen LogP contribution is 2.38. The van der Waals surface area contributed by atoms with Crippen LogP contribution in [-0.2, 0) is 0 Å². The molecule has 0 amide bonds. The van der Waals surface area contributed by atoms with E-state index >= 15 is 0 Å². The van der Waals surface area contributed by atoms with E-state index in [1.54, 1.807) is 12.4 Å². The fourth-order valence-electron chi connectivity index (χ4n) is 1.79. The lowest BCUT2D eigenvalue weighted by molar-refractivity contribution is 0.746. The Hall–Kier alpha value is -1.55. The molecule has 1 aliphatic rings. The van der Waals surface area contributed by atoms with Gasteiger partial charge < -0.3 is 10.3 Å². The number of nitrogens with zero attached hydrogens (tertiary/aromatic N) is 3. The maximum absolute atomic E-state index is 5.94. The third-order valence-electron chi connectivity index (χ3n) is 2.77. The summed E-state index contributed by atoms with van der Waals surface area (Å²) in [5.41, 5.74) is 7.47. The van der Waals surface area contributed by atoms with Crippen molar-refractivity contribution < 1.29 is 0 Å². The molecule has 0 spiro atoms. The fourth-order valence-corrected chi connectivity index (χ4v) is 1.97. The maximum atomic E-state index is 5.94. The molecule has 4 nitrogen and oxygen atoms in total. The number of benzene rings is 1. The summed E-state index contributed by atoms with van der Waals surface area (Å²) in [5.74, 6) is 0.830. The van der Waals surface area contributed by atoms with Crippen LogP contribution in [0.2, 0.25) is 5.02 Å². The summed E-state index contributed by atoms with van der Waals surface area (Å²) < 4.78 is 2.08. The molecule has 0 radical (unpaired) electrons. The second-order valence-electron chi connectivity index (χ2n) is 4.02. The molecule has 3 rings (SSSR count). The van der Waals surface area contributed by atoms with E-state index in [0.717, 1.165) is 11.4 Å². The Labute approximate surface area is 98.0 Å². The van der Waals surface area contributed by atoms with Gasteiger partial charge in [-0.1, -0.05) is 11.6 Å². The van der Waals surface area contributed by atoms with Crippen molar-refractivity contribution in [2.75, 3.05) is 5.73 Å². The Balaban J connectivity index is 2.10. The molecule has 1 fully saturated rings. The number of hydrogen-bond acceptors (Lipinski definition) is 3. The summed E-state index contributed by atoms with van der Waals surface area (Å²) in [6.07, 6.45) is 4.15. The molecule has 0 atom stereocenters. The molecule has 0 saturated heterocycles. The van der Waals surface area contributed by atoms with Gasteiger partial charge in [0, 0.05) is 22.3 Å². The number of aromatic nitrogens is 3. The molecule has 1 aromatic carbocycles. The predicted molar refractivity (Wildman–Crippen MR) is 63.2 cm³/mol. The van der Waals surface area contributed by atoms with Gasteiger partial charge in [0.1, 0.15) is 6.33 Å². The zero-order valence-corrected chi connectivity index (χ0v) is 9.35. The lowest BCUT2D eigenvalue weighted by atomic mass is 10.1. The highest BCUT2D eigenvalue weighted by Gasteiger charge is 2.27. The van der Waals surface area contributed by atoms with Crippen molar-refractivity contribution in [1.82, 2.24) is 14.8 Å². The van der Waals surface area contributed by atoms with Crippen molar-refractivity contribution in [2.24, 2.45) is 0 Å². The second kappa shape index (κ2) is 3.49. The van der Waals surface area contributed by atoms with E-state index < -0.39 is 0 Å². The molecule has 0 aliphatic heterocycles. The van der Waals surface area contributed by atoms with Gasteiger partial charge >= 0.3 is 0 Å². The smallest absolute Gasteiger partial charge is 0.166 e. The molecule has 82 valence electrons. The Morgan fingerprint density at radius 3 is 2.88 bits per heavy atom. The monoisotopic (exact) mass is 234 g/mol. The normalized spacial score (nSPS) is 15.3. The molecule has 1 aliphatic carbocycles. The van der Waals surface area contributed by atoms with Crippen molar-refractivity contribution in [3.05, 3.63) is 29.5 Å². The van der Waals surface area contributed by atoms with Crippen molar-refractivity contribution in [1.29, 1.82) is 0 Å². The average molecular weight is 235 g/mol. The molecule has 1 aromatic heterocycles. The number of hydrogen-bond donors (Lipinski definition) is 1. The van der Waals surface area contributed by atoms with Crippen LogP contribution >= 0.6 is 11.6 Å². The van der Waals surface area contributed by atoms with Crippen molar-refractivity contribution in [3.8, 4) is 11.4 Å². The lowest BCUT2D eigenvalue weighted by Gasteiger charge is -2.07. The van der Waals surface area contributed by atoms with E-state index in [2.05, 4.69) is 14.8 Å². The molecular weight excluding hydrogens is 224 g/mol. The Kier molecular flexibility index (Phi) is 2.11. The number of rotatable bonds is 2. The summed E-state index contributed by atoms with van der Waals surface area (Å²) >= 11 is 5.87. The SMILES string of the molecule is Nc1cc(Cl)ccc1-c1nncn1C1CC1. The van der Waals surface area contributed by atoms with Crippen molar-refractivity contribution in [3.63, 3.8) is 0 Å². The minimum Gasteiger partial charge on any atom is -0.398 e. The summed E-state index contributed by atoms with van der Waals surface area (Å²) in [7, 11) is 0. The minimum atomic E-state index is 0.542. The van der Waals surface area contributed by atoms with Crippen LogP contribution in [0.25, 0.3) is 11.4 Å². The van der Waals surface area contributed by atoms with Gasteiger partial charge in [0.15, 0.2) is 5.82 Å². The standard InChI is InChI=1S/C11H11ClN4/c12-7-1-4-9(10(13)5-7)11-15-14-6-16(11)8-2-3-8/h1,4-6,8H,2-3,13H2. The highest BCUT2D eigenvalue weighted by atomic mass is 35.5. The average Bonchev–Trinajstić information content (AvgIpc) is 2.98. The zero-order chi connectivity index (χ0) is 11.1. The minimum absolute atomic E-state index is 0.542. The molecule has 1 heterocycles. The molecule has 2 N–H and O–H groups in total. The Bertz CT molecular complexity index is 531. The van der Waals surface area contributed by atoms with Crippen molar-refractivity contribution >= 4 is 17.3 Å². The van der Waals surface area contributed by atoms with Crippen LogP contribution in [0.15, 0.2) is 24.5 Å². The van der Waals surface area contributed by atoms with Crippen LogP contribution in [0.1, 0.15) is 18.9 Å². The van der Waals surface area contributed by atoms with Gasteiger partial charge in [-0.15, -0.1) is 10.2 Å². The predicted octanol–water partition coefficient (Wildman–Crippen LogP) is 2.52.